The highest BCUT2D eigenvalue weighted by Gasteiger charge is 2.38. The van der Waals surface area contributed by atoms with Crippen LogP contribution in [-0.4, -0.2) is 52.0 Å². The second kappa shape index (κ2) is 8.15. The Bertz CT molecular complexity index is 813. The number of carbonyl (C=O) groups excluding carboxylic acids is 1. The van der Waals surface area contributed by atoms with Gasteiger partial charge in [0.1, 0.15) is 16.5 Å². The molecular weight excluding hydrogens is 358 g/mol. The summed E-state index contributed by atoms with van der Waals surface area (Å²) >= 11 is 1.75. The molecule has 2 aliphatic heterocycles. The smallest absolute Gasteiger partial charge is 0.220 e. The van der Waals surface area contributed by atoms with Gasteiger partial charge in [0.25, 0.3) is 0 Å². The molecule has 140 valence electrons. The molecule has 2 aliphatic rings. The third-order valence-electron chi connectivity index (χ3n) is 4.77. The minimum atomic E-state index is -0.145. The average Bonchev–Trinajstić information content (AvgIpc) is 2.72. The quantitative estimate of drug-likeness (QED) is 0.816. The summed E-state index contributed by atoms with van der Waals surface area (Å²) in [5, 5.41) is 7.05. The Morgan fingerprint density at radius 3 is 2.59 bits per heavy atom. The first kappa shape index (κ1) is 18.1. The molecule has 0 saturated carbocycles. The van der Waals surface area contributed by atoms with Crippen molar-refractivity contribution in [1.29, 1.82) is 0 Å². The fourth-order valence-electron chi connectivity index (χ4n) is 3.37. The van der Waals surface area contributed by atoms with E-state index in [9.17, 15) is 4.79 Å². The molecule has 0 N–H and O–H groups in total. The van der Waals surface area contributed by atoms with Crippen LogP contribution in [0.5, 0.6) is 0 Å². The second-order valence-corrected chi connectivity index (χ2v) is 7.93. The lowest BCUT2D eigenvalue weighted by Gasteiger charge is -2.43. The Hall–Kier alpha value is -2.31. The van der Waals surface area contributed by atoms with Crippen LogP contribution in [0.1, 0.15) is 18.1 Å². The SMILES string of the molecule is CC(=O)N(Cc1ccccc1)C1SC2COCCN2N=C1c1ccccc1. The van der Waals surface area contributed by atoms with Crippen molar-refractivity contribution in [3.63, 3.8) is 0 Å². The number of hydrazone groups is 1. The molecule has 5 nitrogen and oxygen atoms in total. The number of fused-ring (bicyclic) bond motifs is 1. The predicted molar refractivity (Wildman–Crippen MR) is 108 cm³/mol. The van der Waals surface area contributed by atoms with Crippen LogP contribution >= 0.6 is 11.8 Å². The summed E-state index contributed by atoms with van der Waals surface area (Å²) < 4.78 is 5.65. The van der Waals surface area contributed by atoms with E-state index in [4.69, 9.17) is 9.84 Å². The molecule has 6 heteroatoms. The lowest BCUT2D eigenvalue weighted by Crippen LogP contribution is -2.52. The van der Waals surface area contributed by atoms with Crippen molar-refractivity contribution in [3.8, 4) is 0 Å². The minimum Gasteiger partial charge on any atom is -0.376 e. The van der Waals surface area contributed by atoms with Crippen molar-refractivity contribution in [2.45, 2.75) is 24.2 Å². The van der Waals surface area contributed by atoms with E-state index < -0.39 is 0 Å². The van der Waals surface area contributed by atoms with Gasteiger partial charge in [0.15, 0.2) is 0 Å². The first-order valence-electron chi connectivity index (χ1n) is 9.17. The van der Waals surface area contributed by atoms with Crippen molar-refractivity contribution in [1.82, 2.24) is 9.91 Å². The van der Waals surface area contributed by atoms with Crippen LogP contribution in [0.4, 0.5) is 0 Å². The number of benzene rings is 2. The lowest BCUT2D eigenvalue weighted by atomic mass is 10.1. The molecule has 0 aliphatic carbocycles. The number of hydrogen-bond acceptors (Lipinski definition) is 5. The zero-order valence-corrected chi connectivity index (χ0v) is 16.1. The number of thioether (sulfide) groups is 1. The van der Waals surface area contributed by atoms with Gasteiger partial charge in [-0.2, -0.15) is 5.10 Å². The van der Waals surface area contributed by atoms with Gasteiger partial charge < -0.3 is 9.64 Å². The van der Waals surface area contributed by atoms with Crippen LogP contribution in [0.3, 0.4) is 0 Å². The predicted octanol–water partition coefficient (Wildman–Crippen LogP) is 3.17. The molecule has 0 aromatic heterocycles. The van der Waals surface area contributed by atoms with E-state index >= 15 is 0 Å². The summed E-state index contributed by atoms with van der Waals surface area (Å²) in [7, 11) is 0. The zero-order chi connectivity index (χ0) is 18.6. The maximum Gasteiger partial charge on any atom is 0.220 e. The van der Waals surface area contributed by atoms with E-state index in [2.05, 4.69) is 29.3 Å². The second-order valence-electron chi connectivity index (χ2n) is 6.66. The molecule has 2 aromatic rings. The van der Waals surface area contributed by atoms with Gasteiger partial charge in [-0.15, -0.1) is 11.8 Å². The third-order valence-corrected chi connectivity index (χ3v) is 6.20. The van der Waals surface area contributed by atoms with E-state index in [-0.39, 0.29) is 16.7 Å². The Morgan fingerprint density at radius 2 is 1.89 bits per heavy atom. The van der Waals surface area contributed by atoms with E-state index in [1.54, 1.807) is 18.7 Å². The summed E-state index contributed by atoms with van der Waals surface area (Å²) in [6, 6.07) is 20.3. The molecule has 0 radical (unpaired) electrons. The van der Waals surface area contributed by atoms with Crippen LogP contribution in [0.15, 0.2) is 65.8 Å². The molecule has 0 bridgehead atoms. The van der Waals surface area contributed by atoms with Crippen molar-refractivity contribution >= 4 is 23.4 Å². The van der Waals surface area contributed by atoms with Gasteiger partial charge in [0.05, 0.1) is 19.8 Å². The molecule has 1 fully saturated rings. The highest BCUT2D eigenvalue weighted by atomic mass is 32.2. The van der Waals surface area contributed by atoms with E-state index in [0.717, 1.165) is 23.4 Å². The topological polar surface area (TPSA) is 45.1 Å². The highest BCUT2D eigenvalue weighted by Crippen LogP contribution is 2.34. The number of ether oxygens (including phenoxy) is 1. The number of carbonyl (C=O) groups is 1. The maximum absolute atomic E-state index is 12.6. The molecule has 1 amide bonds. The van der Waals surface area contributed by atoms with Crippen LogP contribution in [0.25, 0.3) is 0 Å². The minimum absolute atomic E-state index is 0.0464. The van der Waals surface area contributed by atoms with E-state index in [1.807, 2.05) is 41.3 Å². The summed E-state index contributed by atoms with van der Waals surface area (Å²) in [4.78, 5) is 14.5. The van der Waals surface area contributed by atoms with E-state index in [0.29, 0.717) is 19.8 Å². The summed E-state index contributed by atoms with van der Waals surface area (Å²) in [5.74, 6) is 0.0464. The molecule has 4 rings (SSSR count). The summed E-state index contributed by atoms with van der Waals surface area (Å²) in [5.41, 5.74) is 3.10. The van der Waals surface area contributed by atoms with Gasteiger partial charge in [-0.1, -0.05) is 60.7 Å². The Kier molecular flexibility index (Phi) is 5.45. The van der Waals surface area contributed by atoms with Gasteiger partial charge >= 0.3 is 0 Å². The van der Waals surface area contributed by atoms with E-state index in [1.165, 1.54) is 0 Å². The zero-order valence-electron chi connectivity index (χ0n) is 15.3. The van der Waals surface area contributed by atoms with Crippen LogP contribution in [0, 0.1) is 0 Å². The molecule has 2 aromatic carbocycles. The fourth-order valence-corrected chi connectivity index (χ4v) is 4.81. The third kappa shape index (κ3) is 4.01. The Labute approximate surface area is 164 Å². The van der Waals surface area contributed by atoms with Crippen molar-refractivity contribution < 1.29 is 9.53 Å². The molecule has 1 saturated heterocycles. The largest absolute Gasteiger partial charge is 0.376 e. The van der Waals surface area contributed by atoms with Crippen LogP contribution in [-0.2, 0) is 16.1 Å². The highest BCUT2D eigenvalue weighted by molar-refractivity contribution is 8.01. The van der Waals surface area contributed by atoms with Gasteiger partial charge in [-0.3, -0.25) is 9.80 Å². The normalized spacial score (nSPS) is 22.0. The number of nitrogens with zero attached hydrogens (tertiary/aromatic N) is 3. The molecule has 0 spiro atoms. The molecule has 2 unspecified atom stereocenters. The lowest BCUT2D eigenvalue weighted by molar-refractivity contribution is -0.129. The summed E-state index contributed by atoms with van der Waals surface area (Å²) in [6.07, 6.45) is 0. The van der Waals surface area contributed by atoms with Gasteiger partial charge in [-0.25, -0.2) is 0 Å². The van der Waals surface area contributed by atoms with Crippen LogP contribution in [0.2, 0.25) is 0 Å². The van der Waals surface area contributed by atoms with Gasteiger partial charge in [0, 0.05) is 19.0 Å². The maximum atomic E-state index is 12.6. The summed E-state index contributed by atoms with van der Waals surface area (Å²) in [6.45, 7) is 4.29. The van der Waals surface area contributed by atoms with Gasteiger partial charge in [0.2, 0.25) is 5.91 Å². The average molecular weight is 382 g/mol. The molecule has 2 atom stereocenters. The molecular formula is C21H23N3O2S. The first-order valence-corrected chi connectivity index (χ1v) is 10.1. The van der Waals surface area contributed by atoms with Crippen molar-refractivity contribution in [2.75, 3.05) is 19.8 Å². The Balaban J connectivity index is 1.70. The van der Waals surface area contributed by atoms with Crippen molar-refractivity contribution in [2.24, 2.45) is 5.10 Å². The van der Waals surface area contributed by atoms with Crippen LogP contribution < -0.4 is 0 Å². The number of morpholine rings is 1. The molecule has 2 heterocycles. The first-order chi connectivity index (χ1) is 13.2. The monoisotopic (exact) mass is 381 g/mol. The number of hydrogen-bond donors (Lipinski definition) is 0. The van der Waals surface area contributed by atoms with Crippen molar-refractivity contribution in [3.05, 3.63) is 71.8 Å². The standard InChI is InChI=1S/C21H23N3O2S/c1-16(25)23(14-17-8-4-2-5-9-17)21-20(18-10-6-3-7-11-18)22-24-12-13-26-15-19(24)27-21/h2-11,19,21H,12-15H2,1H3. The Morgan fingerprint density at radius 1 is 1.19 bits per heavy atom. The molecule has 27 heavy (non-hydrogen) atoms. The number of amides is 1. The van der Waals surface area contributed by atoms with Gasteiger partial charge in [-0.05, 0) is 5.56 Å². The fraction of sp³-hybridized carbons (Fsp3) is 0.333. The number of rotatable bonds is 4.